The Labute approximate surface area is 143 Å². The zero-order valence-electron chi connectivity index (χ0n) is 14.5. The number of nitrogen functional groups attached to an aromatic ring is 1. The van der Waals surface area contributed by atoms with E-state index in [1.807, 2.05) is 45.0 Å². The summed E-state index contributed by atoms with van der Waals surface area (Å²) in [6, 6.07) is 13.2. The van der Waals surface area contributed by atoms with E-state index >= 15 is 0 Å². The smallest absolute Gasteiger partial charge is 0.165 e. The van der Waals surface area contributed by atoms with E-state index < -0.39 is 0 Å². The van der Waals surface area contributed by atoms with E-state index in [1.165, 1.54) is 5.56 Å². The van der Waals surface area contributed by atoms with Crippen molar-refractivity contribution in [2.24, 2.45) is 5.92 Å². The zero-order valence-corrected chi connectivity index (χ0v) is 14.5. The first-order valence-corrected chi connectivity index (χ1v) is 8.23. The summed E-state index contributed by atoms with van der Waals surface area (Å²) in [6.45, 7) is 6.86. The predicted octanol–water partition coefficient (Wildman–Crippen LogP) is 4.26. The lowest BCUT2D eigenvalue weighted by Gasteiger charge is -2.11. The van der Waals surface area contributed by atoms with Gasteiger partial charge < -0.3 is 15.2 Å². The highest BCUT2D eigenvalue weighted by atomic mass is 16.5. The predicted molar refractivity (Wildman–Crippen MR) is 96.8 cm³/mol. The number of Topliss-reactive ketones (excluding diaryl/α,β-unsaturated/α-hetero) is 1. The number of carbonyl (C=O) groups excluding carboxylic acids is 1. The van der Waals surface area contributed by atoms with Crippen molar-refractivity contribution in [1.29, 1.82) is 0 Å². The maximum atomic E-state index is 12.0. The van der Waals surface area contributed by atoms with Crippen molar-refractivity contribution >= 4 is 11.5 Å². The van der Waals surface area contributed by atoms with E-state index in [1.54, 1.807) is 18.2 Å². The van der Waals surface area contributed by atoms with Crippen LogP contribution in [0.5, 0.6) is 11.5 Å². The van der Waals surface area contributed by atoms with Crippen LogP contribution in [-0.2, 0) is 0 Å². The second-order valence-corrected chi connectivity index (χ2v) is 6.14. The summed E-state index contributed by atoms with van der Waals surface area (Å²) in [5.41, 5.74) is 8.26. The molecule has 2 aromatic rings. The minimum atomic E-state index is -0.0464. The number of carbonyl (C=O) groups is 1. The molecule has 0 amide bonds. The van der Waals surface area contributed by atoms with Gasteiger partial charge in [-0.3, -0.25) is 4.79 Å². The van der Waals surface area contributed by atoms with Crippen molar-refractivity contribution < 1.29 is 14.3 Å². The number of ketones is 1. The minimum absolute atomic E-state index is 0.0464. The van der Waals surface area contributed by atoms with Crippen molar-refractivity contribution in [3.8, 4) is 11.5 Å². The van der Waals surface area contributed by atoms with Crippen LogP contribution in [0, 0.1) is 12.8 Å². The fourth-order valence-electron chi connectivity index (χ4n) is 2.30. The van der Waals surface area contributed by atoms with Gasteiger partial charge in [0.25, 0.3) is 0 Å². The monoisotopic (exact) mass is 327 g/mol. The summed E-state index contributed by atoms with van der Waals surface area (Å²) >= 11 is 0. The van der Waals surface area contributed by atoms with Crippen LogP contribution in [0.2, 0.25) is 0 Å². The van der Waals surface area contributed by atoms with E-state index in [4.69, 9.17) is 15.2 Å². The number of hydrogen-bond acceptors (Lipinski definition) is 4. The Hall–Kier alpha value is -2.49. The van der Waals surface area contributed by atoms with E-state index in [9.17, 15) is 4.79 Å². The molecule has 0 saturated carbocycles. The van der Waals surface area contributed by atoms with Crippen LogP contribution in [0.25, 0.3) is 0 Å². The van der Waals surface area contributed by atoms with Crippen LogP contribution in [0.3, 0.4) is 0 Å². The SMILES string of the molecule is Cc1cccc(OCCCOc2ccc(C(=O)C(C)C)cc2N)c1. The summed E-state index contributed by atoms with van der Waals surface area (Å²) in [5.74, 6) is 1.51. The topological polar surface area (TPSA) is 61.5 Å². The molecule has 0 aliphatic heterocycles. The Morgan fingerprint density at radius 2 is 1.83 bits per heavy atom. The Morgan fingerprint density at radius 3 is 2.50 bits per heavy atom. The highest BCUT2D eigenvalue weighted by Gasteiger charge is 2.12. The lowest BCUT2D eigenvalue weighted by Crippen LogP contribution is -2.09. The molecule has 4 nitrogen and oxygen atoms in total. The number of rotatable bonds is 8. The molecule has 0 saturated heterocycles. The van der Waals surface area contributed by atoms with Crippen LogP contribution in [0.1, 0.15) is 36.2 Å². The molecule has 2 N–H and O–H groups in total. The molecule has 0 bridgehead atoms. The van der Waals surface area contributed by atoms with Crippen molar-refractivity contribution in [2.75, 3.05) is 18.9 Å². The number of ether oxygens (including phenoxy) is 2. The van der Waals surface area contributed by atoms with Crippen molar-refractivity contribution in [1.82, 2.24) is 0 Å². The molecule has 2 aromatic carbocycles. The summed E-state index contributed by atoms with van der Waals surface area (Å²) in [6.07, 6.45) is 0.750. The van der Waals surface area contributed by atoms with Gasteiger partial charge in [-0.1, -0.05) is 26.0 Å². The Balaban J connectivity index is 1.79. The van der Waals surface area contributed by atoms with E-state index in [2.05, 4.69) is 0 Å². The summed E-state index contributed by atoms with van der Waals surface area (Å²) in [4.78, 5) is 12.0. The van der Waals surface area contributed by atoms with Gasteiger partial charge in [0.05, 0.1) is 18.9 Å². The lowest BCUT2D eigenvalue weighted by atomic mass is 10.0. The first kappa shape index (κ1) is 17.9. The normalized spacial score (nSPS) is 10.7. The van der Waals surface area contributed by atoms with Crippen LogP contribution in [-0.4, -0.2) is 19.0 Å². The standard InChI is InChI=1S/C20H25NO3/c1-14(2)20(22)16-8-9-19(18(21)13-16)24-11-5-10-23-17-7-4-6-15(3)12-17/h4,6-9,12-14H,5,10-11,21H2,1-3H3. The van der Waals surface area contributed by atoms with E-state index in [0.29, 0.717) is 30.2 Å². The summed E-state index contributed by atoms with van der Waals surface area (Å²) in [7, 11) is 0. The molecule has 24 heavy (non-hydrogen) atoms. The van der Waals surface area contributed by atoms with Crippen LogP contribution >= 0.6 is 0 Å². The van der Waals surface area contributed by atoms with Gasteiger partial charge in [-0.25, -0.2) is 0 Å². The molecule has 2 rings (SSSR count). The van der Waals surface area contributed by atoms with Crippen LogP contribution < -0.4 is 15.2 Å². The van der Waals surface area contributed by atoms with Gasteiger partial charge >= 0.3 is 0 Å². The van der Waals surface area contributed by atoms with Gasteiger partial charge in [-0.2, -0.15) is 0 Å². The van der Waals surface area contributed by atoms with E-state index in [0.717, 1.165) is 12.2 Å². The number of hydrogen-bond donors (Lipinski definition) is 1. The fraction of sp³-hybridized carbons (Fsp3) is 0.350. The third kappa shape index (κ3) is 5.01. The Bertz CT molecular complexity index is 695. The lowest BCUT2D eigenvalue weighted by molar-refractivity contribution is 0.0939. The average Bonchev–Trinajstić information content (AvgIpc) is 2.55. The average molecular weight is 327 g/mol. The largest absolute Gasteiger partial charge is 0.493 e. The molecule has 0 heterocycles. The molecule has 0 aliphatic carbocycles. The van der Waals surface area contributed by atoms with Gasteiger partial charge in [0.2, 0.25) is 0 Å². The van der Waals surface area contributed by atoms with Crippen molar-refractivity contribution in [3.05, 3.63) is 53.6 Å². The van der Waals surface area contributed by atoms with Gasteiger partial charge in [-0.05, 0) is 42.8 Å². The van der Waals surface area contributed by atoms with Crippen LogP contribution in [0.4, 0.5) is 5.69 Å². The Kier molecular flexibility index (Phi) is 6.24. The number of benzene rings is 2. The maximum absolute atomic E-state index is 12.0. The molecule has 128 valence electrons. The highest BCUT2D eigenvalue weighted by Crippen LogP contribution is 2.24. The summed E-state index contributed by atoms with van der Waals surface area (Å²) < 4.78 is 11.4. The number of anilines is 1. The number of nitrogens with two attached hydrogens (primary N) is 1. The van der Waals surface area contributed by atoms with E-state index in [-0.39, 0.29) is 11.7 Å². The van der Waals surface area contributed by atoms with Gasteiger partial charge in [0.1, 0.15) is 11.5 Å². The summed E-state index contributed by atoms with van der Waals surface area (Å²) in [5, 5.41) is 0. The molecule has 0 radical (unpaired) electrons. The molecular formula is C20H25NO3. The van der Waals surface area contributed by atoms with Crippen LogP contribution in [0.15, 0.2) is 42.5 Å². The number of aryl methyl sites for hydroxylation is 1. The zero-order chi connectivity index (χ0) is 17.5. The molecule has 0 atom stereocenters. The molecule has 0 aromatic heterocycles. The first-order chi connectivity index (χ1) is 11.5. The van der Waals surface area contributed by atoms with Gasteiger partial charge in [0, 0.05) is 17.9 Å². The second-order valence-electron chi connectivity index (χ2n) is 6.14. The van der Waals surface area contributed by atoms with Crippen molar-refractivity contribution in [2.45, 2.75) is 27.2 Å². The Morgan fingerprint density at radius 1 is 1.08 bits per heavy atom. The fourth-order valence-corrected chi connectivity index (χ4v) is 2.30. The molecular weight excluding hydrogens is 302 g/mol. The molecule has 0 unspecified atom stereocenters. The molecule has 4 heteroatoms. The molecule has 0 aliphatic rings. The highest BCUT2D eigenvalue weighted by molar-refractivity contribution is 5.98. The maximum Gasteiger partial charge on any atom is 0.165 e. The third-order valence-electron chi connectivity index (χ3n) is 3.62. The first-order valence-electron chi connectivity index (χ1n) is 8.23. The molecule has 0 fully saturated rings. The second kappa shape index (κ2) is 8.39. The third-order valence-corrected chi connectivity index (χ3v) is 3.62. The van der Waals surface area contributed by atoms with Gasteiger partial charge in [0.15, 0.2) is 5.78 Å². The molecule has 0 spiro atoms. The quantitative estimate of drug-likeness (QED) is 0.447. The van der Waals surface area contributed by atoms with Crippen molar-refractivity contribution in [3.63, 3.8) is 0 Å². The minimum Gasteiger partial charge on any atom is -0.493 e. The van der Waals surface area contributed by atoms with Gasteiger partial charge in [-0.15, -0.1) is 0 Å².